The second-order valence-corrected chi connectivity index (χ2v) is 11.3. The predicted octanol–water partition coefficient (Wildman–Crippen LogP) is 3.74. The largest absolute Gasteiger partial charge is 0.444 e. The van der Waals surface area contributed by atoms with Crippen LogP contribution in [0.2, 0.25) is 0 Å². The first-order chi connectivity index (χ1) is 18.1. The number of aliphatic hydroxyl groups is 1. The maximum absolute atomic E-state index is 12.5. The number of aromatic nitrogens is 4. The number of benzene rings is 1. The summed E-state index contributed by atoms with van der Waals surface area (Å²) in [6.45, 7) is 12.9. The standard InChI is InChI=1S/C28H38N6O4/c1-18-12-21-15-29-34(26-14-25(30-19(2)31-26)33-10-11-37-22(16-33)17-35)24(21)13-23(18)20-6-8-32(9-7-20)27(36)38-28(3,4)5/h12-15,20,22,35H,6-11,16-17H2,1-5H3. The molecule has 0 radical (unpaired) electrons. The number of rotatable bonds is 4. The lowest BCUT2D eigenvalue weighted by atomic mass is 9.86. The van der Waals surface area contributed by atoms with Crippen LogP contribution in [0.3, 0.4) is 0 Å². The molecular formula is C28H38N6O4. The number of aliphatic hydroxyl groups excluding tert-OH is 1. The number of nitrogens with zero attached hydrogens (tertiary/aromatic N) is 6. The summed E-state index contributed by atoms with van der Waals surface area (Å²) in [5.74, 6) is 2.53. The first kappa shape index (κ1) is 26.4. The molecular weight excluding hydrogens is 484 g/mol. The van der Waals surface area contributed by atoms with Crippen LogP contribution in [0.4, 0.5) is 10.6 Å². The molecule has 5 rings (SSSR count). The van der Waals surface area contributed by atoms with E-state index in [0.717, 1.165) is 29.6 Å². The number of likely N-dealkylation sites (tertiary alicyclic amines) is 1. The maximum Gasteiger partial charge on any atom is 0.410 e. The van der Waals surface area contributed by atoms with Crippen LogP contribution in [0.5, 0.6) is 0 Å². The smallest absolute Gasteiger partial charge is 0.410 e. The van der Waals surface area contributed by atoms with Crippen LogP contribution < -0.4 is 4.90 Å². The van der Waals surface area contributed by atoms with Gasteiger partial charge >= 0.3 is 6.09 Å². The van der Waals surface area contributed by atoms with Gasteiger partial charge in [-0.3, -0.25) is 0 Å². The zero-order chi connectivity index (χ0) is 27.0. The number of carbonyl (C=O) groups excluding carboxylic acids is 1. The highest BCUT2D eigenvalue weighted by Gasteiger charge is 2.29. The Hall–Kier alpha value is -3.24. The van der Waals surface area contributed by atoms with E-state index < -0.39 is 5.60 Å². The monoisotopic (exact) mass is 522 g/mol. The molecule has 1 aromatic carbocycles. The maximum atomic E-state index is 12.5. The van der Waals surface area contributed by atoms with Gasteiger partial charge in [-0.1, -0.05) is 0 Å². The molecule has 2 saturated heterocycles. The minimum absolute atomic E-state index is 0.0178. The van der Waals surface area contributed by atoms with Crippen LogP contribution in [-0.2, 0) is 9.47 Å². The number of amides is 1. The van der Waals surface area contributed by atoms with Gasteiger partial charge in [0.2, 0.25) is 0 Å². The van der Waals surface area contributed by atoms with Gasteiger partial charge in [-0.2, -0.15) is 5.10 Å². The molecule has 38 heavy (non-hydrogen) atoms. The van der Waals surface area contributed by atoms with Gasteiger partial charge in [-0.25, -0.2) is 19.4 Å². The fourth-order valence-electron chi connectivity index (χ4n) is 5.37. The Morgan fingerprint density at radius 2 is 1.84 bits per heavy atom. The van der Waals surface area contributed by atoms with Crippen molar-refractivity contribution in [2.45, 2.75) is 65.1 Å². The van der Waals surface area contributed by atoms with E-state index >= 15 is 0 Å². The molecule has 10 heteroatoms. The third-order valence-corrected chi connectivity index (χ3v) is 7.24. The molecule has 3 aromatic rings. The van der Waals surface area contributed by atoms with E-state index in [2.05, 4.69) is 28.9 Å². The number of ether oxygens (including phenoxy) is 2. The summed E-state index contributed by atoms with van der Waals surface area (Å²) >= 11 is 0. The van der Waals surface area contributed by atoms with E-state index in [9.17, 15) is 9.90 Å². The summed E-state index contributed by atoms with van der Waals surface area (Å²) in [7, 11) is 0. The second-order valence-electron chi connectivity index (χ2n) is 11.3. The van der Waals surface area contributed by atoms with Crippen LogP contribution in [-0.4, -0.2) is 86.9 Å². The number of hydrogen-bond donors (Lipinski definition) is 1. The molecule has 0 spiro atoms. The number of fused-ring (bicyclic) bond motifs is 1. The third-order valence-electron chi connectivity index (χ3n) is 7.24. The quantitative estimate of drug-likeness (QED) is 0.552. The molecule has 2 aliphatic heterocycles. The van der Waals surface area contributed by atoms with E-state index in [1.165, 1.54) is 11.1 Å². The summed E-state index contributed by atoms with van der Waals surface area (Å²) in [6, 6.07) is 6.38. The molecule has 10 nitrogen and oxygen atoms in total. The van der Waals surface area contributed by atoms with Crippen molar-refractivity contribution in [3.63, 3.8) is 0 Å². The Bertz CT molecular complexity index is 1310. The molecule has 204 valence electrons. The van der Waals surface area contributed by atoms with Gasteiger partial charge in [0.25, 0.3) is 0 Å². The Morgan fingerprint density at radius 1 is 1.11 bits per heavy atom. The molecule has 1 atom stereocenters. The topological polar surface area (TPSA) is 106 Å². The molecule has 4 heterocycles. The molecule has 1 N–H and O–H groups in total. The van der Waals surface area contributed by atoms with Gasteiger partial charge in [0, 0.05) is 37.6 Å². The van der Waals surface area contributed by atoms with E-state index in [0.29, 0.717) is 50.3 Å². The van der Waals surface area contributed by atoms with Crippen molar-refractivity contribution in [2.24, 2.45) is 0 Å². The molecule has 1 amide bonds. The first-order valence-electron chi connectivity index (χ1n) is 13.4. The number of aryl methyl sites for hydroxylation is 2. The fourth-order valence-corrected chi connectivity index (χ4v) is 5.37. The van der Waals surface area contributed by atoms with E-state index in [1.807, 2.05) is 49.5 Å². The van der Waals surface area contributed by atoms with Gasteiger partial charge in [-0.15, -0.1) is 0 Å². The van der Waals surface area contributed by atoms with Crippen LogP contribution in [0, 0.1) is 13.8 Å². The molecule has 0 bridgehead atoms. The molecule has 0 aliphatic carbocycles. The summed E-state index contributed by atoms with van der Waals surface area (Å²) in [4.78, 5) is 25.8. The van der Waals surface area contributed by atoms with Crippen molar-refractivity contribution in [3.8, 4) is 5.82 Å². The Balaban J connectivity index is 1.40. The highest BCUT2D eigenvalue weighted by molar-refractivity contribution is 5.82. The summed E-state index contributed by atoms with van der Waals surface area (Å²) < 4.78 is 13.1. The van der Waals surface area contributed by atoms with Crippen LogP contribution in [0.1, 0.15) is 56.5 Å². The van der Waals surface area contributed by atoms with Crippen molar-refractivity contribution in [2.75, 3.05) is 44.3 Å². The van der Waals surface area contributed by atoms with Gasteiger partial charge in [0.1, 0.15) is 17.2 Å². The van der Waals surface area contributed by atoms with Gasteiger partial charge in [-0.05, 0) is 76.6 Å². The number of morpholine rings is 1. The van der Waals surface area contributed by atoms with Crippen LogP contribution >= 0.6 is 0 Å². The Kier molecular flexibility index (Phi) is 7.28. The SMILES string of the molecule is Cc1nc(N2CCOC(CO)C2)cc(-n2ncc3cc(C)c(C4CCN(C(=O)OC(C)(C)C)CC4)cc32)n1. The fraction of sp³-hybridized carbons (Fsp3) is 0.571. The minimum atomic E-state index is -0.491. The molecule has 2 aromatic heterocycles. The average Bonchev–Trinajstić information content (AvgIpc) is 3.29. The highest BCUT2D eigenvalue weighted by Crippen LogP contribution is 2.34. The zero-order valence-corrected chi connectivity index (χ0v) is 23.0. The Morgan fingerprint density at radius 3 is 2.55 bits per heavy atom. The van der Waals surface area contributed by atoms with Crippen molar-refractivity contribution >= 4 is 22.8 Å². The molecule has 1 unspecified atom stereocenters. The van der Waals surface area contributed by atoms with Gasteiger partial charge < -0.3 is 24.4 Å². The number of hydrogen-bond acceptors (Lipinski definition) is 8. The summed E-state index contributed by atoms with van der Waals surface area (Å²) in [6.07, 6.45) is 3.20. The zero-order valence-electron chi connectivity index (χ0n) is 23.0. The third kappa shape index (κ3) is 5.61. The van der Waals surface area contributed by atoms with Crippen molar-refractivity contribution in [1.82, 2.24) is 24.6 Å². The highest BCUT2D eigenvalue weighted by atomic mass is 16.6. The molecule has 2 aliphatic rings. The van der Waals surface area contributed by atoms with E-state index in [4.69, 9.17) is 19.6 Å². The van der Waals surface area contributed by atoms with Crippen LogP contribution in [0.15, 0.2) is 24.4 Å². The normalized spacial score (nSPS) is 19.3. The predicted molar refractivity (Wildman–Crippen MR) is 145 cm³/mol. The van der Waals surface area contributed by atoms with Crippen LogP contribution in [0.25, 0.3) is 16.7 Å². The lowest BCUT2D eigenvalue weighted by Gasteiger charge is -2.34. The van der Waals surface area contributed by atoms with Crippen molar-refractivity contribution < 1.29 is 19.4 Å². The number of anilines is 1. The van der Waals surface area contributed by atoms with Gasteiger partial charge in [0.05, 0.1) is 31.0 Å². The second kappa shape index (κ2) is 10.5. The minimum Gasteiger partial charge on any atom is -0.444 e. The summed E-state index contributed by atoms with van der Waals surface area (Å²) in [5.41, 5.74) is 3.03. The number of piperidine rings is 1. The number of carbonyl (C=O) groups is 1. The Labute approximate surface area is 223 Å². The average molecular weight is 523 g/mol. The van der Waals surface area contributed by atoms with E-state index in [1.54, 1.807) is 0 Å². The molecule has 0 saturated carbocycles. The lowest BCUT2D eigenvalue weighted by Crippen LogP contribution is -2.44. The van der Waals surface area contributed by atoms with Crippen molar-refractivity contribution in [1.29, 1.82) is 0 Å². The first-order valence-corrected chi connectivity index (χ1v) is 13.4. The lowest BCUT2D eigenvalue weighted by molar-refractivity contribution is 0.00335. The molecule has 2 fully saturated rings. The van der Waals surface area contributed by atoms with Crippen molar-refractivity contribution in [3.05, 3.63) is 41.3 Å². The van der Waals surface area contributed by atoms with Gasteiger partial charge in [0.15, 0.2) is 5.82 Å². The van der Waals surface area contributed by atoms with E-state index in [-0.39, 0.29) is 18.8 Å². The summed E-state index contributed by atoms with van der Waals surface area (Å²) in [5, 5.41) is 15.3.